The first kappa shape index (κ1) is 14.2. The summed E-state index contributed by atoms with van der Waals surface area (Å²) in [5, 5.41) is 0.526. The Morgan fingerprint density at radius 2 is 2.16 bits per heavy atom. The predicted molar refractivity (Wildman–Crippen MR) is 82.3 cm³/mol. The molecule has 1 aromatic carbocycles. The fourth-order valence-electron chi connectivity index (χ4n) is 2.34. The van der Waals surface area contributed by atoms with Gasteiger partial charge in [-0.05, 0) is 18.4 Å². The summed E-state index contributed by atoms with van der Waals surface area (Å²) in [5.74, 6) is 1.30. The normalized spacial score (nSPS) is 19.8. The Balaban J connectivity index is 1.91. The SMILES string of the molecule is C=CCCC(=O)N1CCS[C@@H](c2ccccc2)CC1. The summed E-state index contributed by atoms with van der Waals surface area (Å²) in [7, 11) is 0. The minimum atomic E-state index is 0.272. The molecule has 102 valence electrons. The lowest BCUT2D eigenvalue weighted by Crippen LogP contribution is -2.32. The maximum atomic E-state index is 12.0. The van der Waals surface area contributed by atoms with Crippen LogP contribution in [-0.2, 0) is 4.79 Å². The molecule has 0 aromatic heterocycles. The standard InChI is InChI=1S/C16H21NOS/c1-2-3-9-16(18)17-11-10-15(19-13-12-17)14-7-5-4-6-8-14/h2,4-8,15H,1,3,9-13H2/t15-/m1/s1. The summed E-state index contributed by atoms with van der Waals surface area (Å²) < 4.78 is 0. The van der Waals surface area contributed by atoms with E-state index < -0.39 is 0 Å². The van der Waals surface area contributed by atoms with Crippen LogP contribution in [0.1, 0.15) is 30.1 Å². The number of benzene rings is 1. The van der Waals surface area contributed by atoms with Crippen molar-refractivity contribution >= 4 is 17.7 Å². The highest BCUT2D eigenvalue weighted by Crippen LogP contribution is 2.34. The molecule has 2 nitrogen and oxygen atoms in total. The first-order chi connectivity index (χ1) is 9.31. The van der Waals surface area contributed by atoms with E-state index in [9.17, 15) is 4.79 Å². The van der Waals surface area contributed by atoms with Crippen LogP contribution < -0.4 is 0 Å². The Bertz CT molecular complexity index is 418. The number of allylic oxidation sites excluding steroid dienone is 1. The molecule has 0 unspecified atom stereocenters. The van der Waals surface area contributed by atoms with E-state index in [1.807, 2.05) is 22.7 Å². The average molecular weight is 275 g/mol. The van der Waals surface area contributed by atoms with E-state index >= 15 is 0 Å². The molecule has 1 atom stereocenters. The Labute approximate surface area is 119 Å². The summed E-state index contributed by atoms with van der Waals surface area (Å²) in [6, 6.07) is 10.6. The van der Waals surface area contributed by atoms with Gasteiger partial charge in [0.2, 0.25) is 5.91 Å². The molecule has 0 bridgehead atoms. The zero-order valence-corrected chi connectivity index (χ0v) is 12.1. The van der Waals surface area contributed by atoms with Crippen molar-refractivity contribution in [3.63, 3.8) is 0 Å². The first-order valence-corrected chi connectivity index (χ1v) is 7.91. The van der Waals surface area contributed by atoms with E-state index in [1.165, 1.54) is 5.56 Å². The van der Waals surface area contributed by atoms with Crippen molar-refractivity contribution in [1.29, 1.82) is 0 Å². The Hall–Kier alpha value is -1.22. The van der Waals surface area contributed by atoms with E-state index in [0.29, 0.717) is 11.7 Å². The fraction of sp³-hybridized carbons (Fsp3) is 0.438. The lowest BCUT2D eigenvalue weighted by atomic mass is 10.1. The van der Waals surface area contributed by atoms with Crippen LogP contribution in [-0.4, -0.2) is 29.6 Å². The van der Waals surface area contributed by atoms with Crippen LogP contribution in [0.4, 0.5) is 0 Å². The van der Waals surface area contributed by atoms with E-state index in [2.05, 4.69) is 36.9 Å². The van der Waals surface area contributed by atoms with Crippen LogP contribution in [0.25, 0.3) is 0 Å². The van der Waals surface area contributed by atoms with E-state index in [0.717, 1.165) is 31.7 Å². The van der Waals surface area contributed by atoms with Gasteiger partial charge in [-0.25, -0.2) is 0 Å². The number of hydrogen-bond donors (Lipinski definition) is 0. The molecule has 0 N–H and O–H groups in total. The lowest BCUT2D eigenvalue weighted by Gasteiger charge is -2.20. The zero-order valence-electron chi connectivity index (χ0n) is 11.3. The smallest absolute Gasteiger partial charge is 0.222 e. The monoisotopic (exact) mass is 275 g/mol. The molecule has 0 spiro atoms. The van der Waals surface area contributed by atoms with Gasteiger partial charge in [0.25, 0.3) is 0 Å². The van der Waals surface area contributed by atoms with Gasteiger partial charge >= 0.3 is 0 Å². The third-order valence-corrected chi connectivity index (χ3v) is 4.76. The Morgan fingerprint density at radius 3 is 2.89 bits per heavy atom. The van der Waals surface area contributed by atoms with Crippen LogP contribution in [0.2, 0.25) is 0 Å². The molecule has 1 aromatic rings. The number of amides is 1. The molecule has 0 radical (unpaired) electrons. The van der Waals surface area contributed by atoms with E-state index in [-0.39, 0.29) is 5.91 Å². The second-order valence-electron chi connectivity index (χ2n) is 4.77. The van der Waals surface area contributed by atoms with Crippen molar-refractivity contribution in [1.82, 2.24) is 4.90 Å². The fourth-order valence-corrected chi connectivity index (χ4v) is 3.57. The molecule has 1 aliphatic rings. The van der Waals surface area contributed by atoms with Crippen molar-refractivity contribution in [2.45, 2.75) is 24.5 Å². The Kier molecular flexibility index (Phi) is 5.52. The third-order valence-electron chi connectivity index (χ3n) is 3.43. The number of rotatable bonds is 4. The molecule has 1 fully saturated rings. The minimum Gasteiger partial charge on any atom is -0.342 e. The van der Waals surface area contributed by atoms with Crippen molar-refractivity contribution in [2.75, 3.05) is 18.8 Å². The molecule has 0 aliphatic carbocycles. The maximum Gasteiger partial charge on any atom is 0.222 e. The Morgan fingerprint density at radius 1 is 1.37 bits per heavy atom. The van der Waals surface area contributed by atoms with Gasteiger partial charge in [0.1, 0.15) is 0 Å². The highest BCUT2D eigenvalue weighted by molar-refractivity contribution is 7.99. The molecule has 2 rings (SSSR count). The average Bonchev–Trinajstić information content (AvgIpc) is 2.71. The van der Waals surface area contributed by atoms with Crippen molar-refractivity contribution < 1.29 is 4.79 Å². The van der Waals surface area contributed by atoms with Gasteiger partial charge in [-0.2, -0.15) is 11.8 Å². The predicted octanol–water partition coefficient (Wildman–Crippen LogP) is 3.66. The topological polar surface area (TPSA) is 20.3 Å². The summed E-state index contributed by atoms with van der Waals surface area (Å²) in [5.41, 5.74) is 1.38. The van der Waals surface area contributed by atoms with Gasteiger partial charge in [-0.15, -0.1) is 6.58 Å². The van der Waals surface area contributed by atoms with Crippen LogP contribution in [0.5, 0.6) is 0 Å². The van der Waals surface area contributed by atoms with Crippen molar-refractivity contribution in [2.24, 2.45) is 0 Å². The number of nitrogens with zero attached hydrogens (tertiary/aromatic N) is 1. The van der Waals surface area contributed by atoms with Gasteiger partial charge in [-0.1, -0.05) is 36.4 Å². The van der Waals surface area contributed by atoms with Crippen LogP contribution >= 0.6 is 11.8 Å². The number of hydrogen-bond acceptors (Lipinski definition) is 2. The van der Waals surface area contributed by atoms with Gasteiger partial charge in [0, 0.05) is 30.5 Å². The van der Waals surface area contributed by atoms with Crippen molar-refractivity contribution in [3.8, 4) is 0 Å². The van der Waals surface area contributed by atoms with E-state index in [1.54, 1.807) is 0 Å². The highest BCUT2D eigenvalue weighted by atomic mass is 32.2. The largest absolute Gasteiger partial charge is 0.342 e. The van der Waals surface area contributed by atoms with Gasteiger partial charge < -0.3 is 4.90 Å². The second-order valence-corrected chi connectivity index (χ2v) is 6.08. The number of carbonyl (C=O) groups excluding carboxylic acids is 1. The van der Waals surface area contributed by atoms with Gasteiger partial charge in [0.15, 0.2) is 0 Å². The van der Waals surface area contributed by atoms with Gasteiger partial charge in [0.05, 0.1) is 0 Å². The summed E-state index contributed by atoms with van der Waals surface area (Å²) >= 11 is 1.97. The molecule has 3 heteroatoms. The van der Waals surface area contributed by atoms with Crippen LogP contribution in [0, 0.1) is 0 Å². The quantitative estimate of drug-likeness (QED) is 0.782. The molecular weight excluding hydrogens is 254 g/mol. The zero-order chi connectivity index (χ0) is 13.5. The molecule has 19 heavy (non-hydrogen) atoms. The lowest BCUT2D eigenvalue weighted by molar-refractivity contribution is -0.130. The molecule has 1 heterocycles. The second kappa shape index (κ2) is 7.39. The highest BCUT2D eigenvalue weighted by Gasteiger charge is 2.21. The summed E-state index contributed by atoms with van der Waals surface area (Å²) in [6.07, 6.45) is 4.25. The number of thioether (sulfide) groups is 1. The van der Waals surface area contributed by atoms with Crippen LogP contribution in [0.3, 0.4) is 0 Å². The molecular formula is C16H21NOS. The third kappa shape index (κ3) is 4.13. The maximum absolute atomic E-state index is 12.0. The van der Waals surface area contributed by atoms with Crippen LogP contribution in [0.15, 0.2) is 43.0 Å². The molecule has 1 aliphatic heterocycles. The summed E-state index contributed by atoms with van der Waals surface area (Å²) in [6.45, 7) is 5.43. The number of carbonyl (C=O) groups is 1. The molecule has 0 saturated carbocycles. The van der Waals surface area contributed by atoms with Gasteiger partial charge in [-0.3, -0.25) is 4.79 Å². The van der Waals surface area contributed by atoms with Crippen molar-refractivity contribution in [3.05, 3.63) is 48.6 Å². The van der Waals surface area contributed by atoms with E-state index in [4.69, 9.17) is 0 Å². The molecule has 1 saturated heterocycles. The molecule has 1 amide bonds. The minimum absolute atomic E-state index is 0.272. The first-order valence-electron chi connectivity index (χ1n) is 6.86. The summed E-state index contributed by atoms with van der Waals surface area (Å²) in [4.78, 5) is 14.0.